The normalized spacial score (nSPS) is 16.4. The number of carbonyl (C=O) groups excluding carboxylic acids is 1. The zero-order valence-corrected chi connectivity index (χ0v) is 15.4. The van der Waals surface area contributed by atoms with E-state index in [4.69, 9.17) is 4.52 Å². The number of hydrogen-bond acceptors (Lipinski definition) is 7. The highest BCUT2D eigenvalue weighted by atomic mass is 16.5. The molecule has 9 nitrogen and oxygen atoms in total. The number of fused-ring (bicyclic) bond motifs is 1. The largest absolute Gasteiger partial charge is 0.339 e. The standard InChI is InChI=1S/C18H21N7O2/c1-12-10-24(11-15-22-21-13(2)25(12)15)17(26)5-3-4-16-20-18(23-27-16)14-6-8-19-9-7-14/h6-9,12H,3-5,10-11H2,1-2H3. The summed E-state index contributed by atoms with van der Waals surface area (Å²) in [6, 6.07) is 3.85. The van der Waals surface area contributed by atoms with Crippen LogP contribution < -0.4 is 0 Å². The molecule has 1 atom stereocenters. The molecule has 0 aromatic carbocycles. The van der Waals surface area contributed by atoms with Crippen molar-refractivity contribution >= 4 is 5.91 Å². The number of nitrogens with zero attached hydrogens (tertiary/aromatic N) is 7. The van der Waals surface area contributed by atoms with Crippen LogP contribution >= 0.6 is 0 Å². The van der Waals surface area contributed by atoms with Gasteiger partial charge in [0, 0.05) is 37.3 Å². The van der Waals surface area contributed by atoms with Crippen molar-refractivity contribution in [2.75, 3.05) is 6.54 Å². The molecule has 3 aromatic rings. The van der Waals surface area contributed by atoms with Crippen molar-refractivity contribution in [2.45, 2.75) is 45.7 Å². The van der Waals surface area contributed by atoms with Gasteiger partial charge in [0.25, 0.3) is 0 Å². The van der Waals surface area contributed by atoms with Crippen molar-refractivity contribution in [1.29, 1.82) is 0 Å². The maximum Gasteiger partial charge on any atom is 0.226 e. The molecule has 0 N–H and O–H groups in total. The molecular weight excluding hydrogens is 346 g/mol. The third kappa shape index (κ3) is 3.57. The van der Waals surface area contributed by atoms with Crippen molar-refractivity contribution in [2.24, 2.45) is 0 Å². The van der Waals surface area contributed by atoms with E-state index in [-0.39, 0.29) is 11.9 Å². The highest BCUT2D eigenvalue weighted by Gasteiger charge is 2.27. The summed E-state index contributed by atoms with van der Waals surface area (Å²) in [4.78, 5) is 22.8. The summed E-state index contributed by atoms with van der Waals surface area (Å²) in [6.07, 6.45) is 5.04. The Morgan fingerprint density at radius 3 is 2.93 bits per heavy atom. The van der Waals surface area contributed by atoms with Crippen LogP contribution in [-0.4, -0.2) is 47.2 Å². The second kappa shape index (κ2) is 7.26. The van der Waals surface area contributed by atoms with Gasteiger partial charge in [0.15, 0.2) is 5.82 Å². The van der Waals surface area contributed by atoms with Gasteiger partial charge in [-0.05, 0) is 32.4 Å². The van der Waals surface area contributed by atoms with Crippen molar-refractivity contribution in [3.8, 4) is 11.4 Å². The molecule has 4 heterocycles. The van der Waals surface area contributed by atoms with E-state index in [2.05, 4.69) is 36.8 Å². The summed E-state index contributed by atoms with van der Waals surface area (Å²) in [7, 11) is 0. The van der Waals surface area contributed by atoms with Crippen molar-refractivity contribution in [3.63, 3.8) is 0 Å². The lowest BCUT2D eigenvalue weighted by atomic mass is 10.1. The van der Waals surface area contributed by atoms with E-state index in [1.807, 2.05) is 24.0 Å². The molecule has 3 aromatic heterocycles. The molecule has 1 aliphatic rings. The lowest BCUT2D eigenvalue weighted by molar-refractivity contribution is -0.133. The molecular formula is C18H21N7O2. The second-order valence-corrected chi connectivity index (χ2v) is 6.76. The van der Waals surface area contributed by atoms with Crippen LogP contribution in [0, 0.1) is 6.92 Å². The number of pyridine rings is 1. The summed E-state index contributed by atoms with van der Waals surface area (Å²) in [6.45, 7) is 5.21. The highest BCUT2D eigenvalue weighted by Crippen LogP contribution is 2.22. The first-order chi connectivity index (χ1) is 13.1. The van der Waals surface area contributed by atoms with Gasteiger partial charge in [0.1, 0.15) is 5.82 Å². The summed E-state index contributed by atoms with van der Waals surface area (Å²) < 4.78 is 7.38. The number of aromatic nitrogens is 6. The molecule has 0 saturated heterocycles. The Balaban J connectivity index is 1.31. The molecule has 27 heavy (non-hydrogen) atoms. The zero-order valence-electron chi connectivity index (χ0n) is 15.4. The van der Waals surface area contributed by atoms with E-state index in [1.165, 1.54) is 0 Å². The number of carbonyl (C=O) groups is 1. The Kier molecular flexibility index (Phi) is 4.66. The van der Waals surface area contributed by atoms with Crippen LogP contribution in [0.4, 0.5) is 0 Å². The Labute approximate surface area is 156 Å². The van der Waals surface area contributed by atoms with Gasteiger partial charge in [-0.3, -0.25) is 9.78 Å². The predicted octanol–water partition coefficient (Wildman–Crippen LogP) is 1.96. The van der Waals surface area contributed by atoms with Crippen LogP contribution in [0.2, 0.25) is 0 Å². The van der Waals surface area contributed by atoms with E-state index in [0.717, 1.165) is 17.2 Å². The Bertz CT molecular complexity index is 934. The minimum absolute atomic E-state index is 0.114. The Morgan fingerprint density at radius 1 is 1.30 bits per heavy atom. The first-order valence-corrected chi connectivity index (χ1v) is 9.03. The SMILES string of the molecule is Cc1nnc2n1C(C)CN(C(=O)CCCc1nc(-c3ccncc3)no1)C2. The van der Waals surface area contributed by atoms with Gasteiger partial charge >= 0.3 is 0 Å². The summed E-state index contributed by atoms with van der Waals surface area (Å²) in [5.74, 6) is 2.93. The van der Waals surface area contributed by atoms with Crippen LogP contribution in [-0.2, 0) is 17.8 Å². The maximum absolute atomic E-state index is 12.6. The fraction of sp³-hybridized carbons (Fsp3) is 0.444. The van der Waals surface area contributed by atoms with Crippen molar-refractivity contribution in [1.82, 2.24) is 34.8 Å². The molecule has 140 valence electrons. The van der Waals surface area contributed by atoms with Gasteiger partial charge in [-0.15, -0.1) is 10.2 Å². The summed E-state index contributed by atoms with van der Waals surface area (Å²) in [5, 5.41) is 12.3. The fourth-order valence-corrected chi connectivity index (χ4v) is 3.44. The van der Waals surface area contributed by atoms with Gasteiger partial charge in [-0.2, -0.15) is 4.98 Å². The Morgan fingerprint density at radius 2 is 2.11 bits per heavy atom. The molecule has 0 bridgehead atoms. The minimum atomic E-state index is 0.114. The van der Waals surface area contributed by atoms with Crippen molar-refractivity contribution in [3.05, 3.63) is 42.1 Å². The first-order valence-electron chi connectivity index (χ1n) is 9.03. The van der Waals surface area contributed by atoms with E-state index >= 15 is 0 Å². The molecule has 0 spiro atoms. The number of aryl methyl sites for hydroxylation is 2. The van der Waals surface area contributed by atoms with Crippen LogP contribution in [0.5, 0.6) is 0 Å². The third-order valence-corrected chi connectivity index (χ3v) is 4.74. The summed E-state index contributed by atoms with van der Waals surface area (Å²) >= 11 is 0. The van der Waals surface area contributed by atoms with Gasteiger partial charge in [0.05, 0.1) is 12.6 Å². The van der Waals surface area contributed by atoms with Crippen LogP contribution in [0.3, 0.4) is 0 Å². The highest BCUT2D eigenvalue weighted by molar-refractivity contribution is 5.76. The molecule has 9 heteroatoms. The van der Waals surface area contributed by atoms with Gasteiger partial charge in [-0.25, -0.2) is 0 Å². The fourth-order valence-electron chi connectivity index (χ4n) is 3.44. The third-order valence-electron chi connectivity index (χ3n) is 4.74. The molecule has 1 unspecified atom stereocenters. The van der Waals surface area contributed by atoms with E-state index in [9.17, 15) is 4.79 Å². The lowest BCUT2D eigenvalue weighted by Crippen LogP contribution is -2.40. The first kappa shape index (κ1) is 17.3. The predicted molar refractivity (Wildman–Crippen MR) is 95.4 cm³/mol. The quantitative estimate of drug-likeness (QED) is 0.679. The molecule has 1 aliphatic heterocycles. The molecule has 0 radical (unpaired) electrons. The monoisotopic (exact) mass is 367 g/mol. The smallest absolute Gasteiger partial charge is 0.226 e. The number of hydrogen-bond donors (Lipinski definition) is 0. The van der Waals surface area contributed by atoms with E-state index in [0.29, 0.717) is 44.1 Å². The molecule has 0 aliphatic carbocycles. The van der Waals surface area contributed by atoms with Gasteiger partial charge in [-0.1, -0.05) is 5.16 Å². The van der Waals surface area contributed by atoms with Gasteiger partial charge < -0.3 is 14.0 Å². The molecule has 1 amide bonds. The molecule has 4 rings (SSSR count). The van der Waals surface area contributed by atoms with Crippen LogP contribution in [0.15, 0.2) is 29.0 Å². The maximum atomic E-state index is 12.6. The molecule has 0 saturated carbocycles. The number of rotatable bonds is 5. The van der Waals surface area contributed by atoms with E-state index in [1.54, 1.807) is 12.4 Å². The lowest BCUT2D eigenvalue weighted by Gasteiger charge is -2.32. The van der Waals surface area contributed by atoms with Gasteiger partial charge in [0.2, 0.25) is 17.6 Å². The summed E-state index contributed by atoms with van der Waals surface area (Å²) in [5.41, 5.74) is 0.859. The Hall–Kier alpha value is -3.10. The zero-order chi connectivity index (χ0) is 18.8. The van der Waals surface area contributed by atoms with E-state index < -0.39 is 0 Å². The van der Waals surface area contributed by atoms with Crippen LogP contribution in [0.1, 0.15) is 43.3 Å². The number of amides is 1. The van der Waals surface area contributed by atoms with Crippen LogP contribution in [0.25, 0.3) is 11.4 Å². The molecule has 0 fully saturated rings. The minimum Gasteiger partial charge on any atom is -0.339 e. The van der Waals surface area contributed by atoms with Crippen molar-refractivity contribution < 1.29 is 9.32 Å². The average molecular weight is 367 g/mol. The second-order valence-electron chi connectivity index (χ2n) is 6.76. The topological polar surface area (TPSA) is 103 Å². The average Bonchev–Trinajstić information content (AvgIpc) is 3.29.